The molecule has 8 heteroatoms. The summed E-state index contributed by atoms with van der Waals surface area (Å²) < 4.78 is 2.37. The Morgan fingerprint density at radius 2 is 1.95 bits per heavy atom. The first-order chi connectivity index (χ1) is 18.0. The third kappa shape index (κ3) is 4.21. The molecule has 0 bridgehead atoms. The van der Waals surface area contributed by atoms with E-state index in [-0.39, 0.29) is 12.1 Å². The van der Waals surface area contributed by atoms with Crippen LogP contribution in [0.5, 0.6) is 0 Å². The van der Waals surface area contributed by atoms with E-state index in [2.05, 4.69) is 69.4 Å². The summed E-state index contributed by atoms with van der Waals surface area (Å²) >= 11 is 0. The number of H-pyrrole nitrogens is 1. The quantitative estimate of drug-likeness (QED) is 0.331. The first-order valence-corrected chi connectivity index (χ1v) is 13.0. The lowest BCUT2D eigenvalue weighted by Crippen LogP contribution is -2.12. The normalized spacial score (nSPS) is 15.8. The summed E-state index contributed by atoms with van der Waals surface area (Å²) in [6.07, 6.45) is 3.98. The van der Waals surface area contributed by atoms with E-state index in [9.17, 15) is 5.11 Å². The number of aromatic nitrogens is 7. The molecule has 6 rings (SSSR count). The Labute approximate surface area is 215 Å². The molecule has 2 aromatic carbocycles. The van der Waals surface area contributed by atoms with Crippen molar-refractivity contribution in [2.24, 2.45) is 0 Å². The Bertz CT molecular complexity index is 1570. The molecule has 3 aromatic heterocycles. The first-order valence-electron chi connectivity index (χ1n) is 13.0. The number of aryl methyl sites for hydroxylation is 4. The SMILES string of the molecule is CCc1nc2c(C)cc(CC[C@@H](C)O)nc2n1[C@H]1CCc2cc(-c3ccccc3-c3nn[nH]n3)ccc21. The predicted octanol–water partition coefficient (Wildman–Crippen LogP) is 5.00. The van der Waals surface area contributed by atoms with Crippen molar-refractivity contribution < 1.29 is 5.11 Å². The zero-order chi connectivity index (χ0) is 25.5. The van der Waals surface area contributed by atoms with Gasteiger partial charge in [0.05, 0.1) is 12.1 Å². The number of imidazole rings is 1. The number of rotatable bonds is 7. The summed E-state index contributed by atoms with van der Waals surface area (Å²) in [4.78, 5) is 10.1. The van der Waals surface area contributed by atoms with Gasteiger partial charge in [0.1, 0.15) is 11.3 Å². The maximum atomic E-state index is 9.79. The predicted molar refractivity (Wildman–Crippen MR) is 143 cm³/mol. The molecule has 0 radical (unpaired) electrons. The molecular weight excluding hydrogens is 462 g/mol. The molecule has 1 aliphatic carbocycles. The second-order valence-electron chi connectivity index (χ2n) is 9.99. The third-order valence-electron chi connectivity index (χ3n) is 7.42. The molecule has 0 saturated heterocycles. The van der Waals surface area contributed by atoms with Gasteiger partial charge in [0.15, 0.2) is 5.65 Å². The molecule has 0 fully saturated rings. The van der Waals surface area contributed by atoms with Gasteiger partial charge in [-0.25, -0.2) is 9.97 Å². The zero-order valence-electron chi connectivity index (χ0n) is 21.4. The summed E-state index contributed by atoms with van der Waals surface area (Å²) in [5.41, 5.74) is 10.0. The van der Waals surface area contributed by atoms with E-state index in [1.54, 1.807) is 0 Å². The number of hydrogen-bond donors (Lipinski definition) is 2. The number of nitrogens with zero attached hydrogens (tertiary/aromatic N) is 6. The van der Waals surface area contributed by atoms with E-state index in [1.807, 2.05) is 25.1 Å². The highest BCUT2D eigenvalue weighted by Crippen LogP contribution is 2.40. The van der Waals surface area contributed by atoms with Crippen molar-refractivity contribution >= 4 is 11.2 Å². The molecule has 0 saturated carbocycles. The van der Waals surface area contributed by atoms with Gasteiger partial charge in [0.25, 0.3) is 0 Å². The molecule has 2 atom stereocenters. The van der Waals surface area contributed by atoms with E-state index in [1.165, 1.54) is 11.1 Å². The van der Waals surface area contributed by atoms with Gasteiger partial charge in [-0.2, -0.15) is 5.21 Å². The largest absolute Gasteiger partial charge is 0.393 e. The Hall–Kier alpha value is -3.91. The van der Waals surface area contributed by atoms with Crippen molar-refractivity contribution in [1.29, 1.82) is 0 Å². The van der Waals surface area contributed by atoms with Gasteiger partial charge >= 0.3 is 0 Å². The Balaban J connectivity index is 1.41. The number of nitrogens with one attached hydrogen (secondary N) is 1. The van der Waals surface area contributed by atoms with Gasteiger partial charge in [-0.1, -0.05) is 49.4 Å². The minimum Gasteiger partial charge on any atom is -0.393 e. The van der Waals surface area contributed by atoms with Crippen LogP contribution in [0.3, 0.4) is 0 Å². The number of pyridine rings is 1. The average molecular weight is 494 g/mol. The van der Waals surface area contributed by atoms with Gasteiger partial charge < -0.3 is 9.67 Å². The number of fused-ring (bicyclic) bond motifs is 2. The second-order valence-corrected chi connectivity index (χ2v) is 9.99. The maximum Gasteiger partial charge on any atom is 0.205 e. The van der Waals surface area contributed by atoms with Crippen LogP contribution in [-0.2, 0) is 19.3 Å². The van der Waals surface area contributed by atoms with Gasteiger partial charge in [0, 0.05) is 17.7 Å². The van der Waals surface area contributed by atoms with E-state index in [4.69, 9.17) is 9.97 Å². The number of aliphatic hydroxyl groups excluding tert-OH is 1. The molecule has 1 aliphatic rings. The van der Waals surface area contributed by atoms with Crippen LogP contribution in [0, 0.1) is 6.92 Å². The number of aliphatic hydroxyl groups is 1. The average Bonchev–Trinajstić information content (AvgIpc) is 3.65. The van der Waals surface area contributed by atoms with Crippen LogP contribution >= 0.6 is 0 Å². The fourth-order valence-electron chi connectivity index (χ4n) is 5.63. The Morgan fingerprint density at radius 1 is 1.11 bits per heavy atom. The first kappa shape index (κ1) is 23.5. The maximum absolute atomic E-state index is 9.79. The molecular formula is C29H31N7O. The summed E-state index contributed by atoms with van der Waals surface area (Å²) in [7, 11) is 0. The molecule has 0 amide bonds. The lowest BCUT2D eigenvalue weighted by atomic mass is 9.96. The van der Waals surface area contributed by atoms with Gasteiger partial charge in [-0.05, 0) is 78.6 Å². The fourth-order valence-corrected chi connectivity index (χ4v) is 5.63. The fraction of sp³-hybridized carbons (Fsp3) is 0.345. The highest BCUT2D eigenvalue weighted by Gasteiger charge is 2.29. The number of hydrogen-bond acceptors (Lipinski definition) is 6. The molecule has 37 heavy (non-hydrogen) atoms. The molecule has 2 N–H and O–H groups in total. The summed E-state index contributed by atoms with van der Waals surface area (Å²) in [6, 6.07) is 17.3. The smallest absolute Gasteiger partial charge is 0.205 e. The molecule has 8 nitrogen and oxygen atoms in total. The van der Waals surface area contributed by atoms with Crippen molar-refractivity contribution in [3.05, 3.63) is 76.7 Å². The molecule has 0 unspecified atom stereocenters. The van der Waals surface area contributed by atoms with Crippen molar-refractivity contribution in [1.82, 2.24) is 35.2 Å². The standard InChI is InChI=1S/C29H31N7O/c1-4-26-31-27-17(2)15-21(12-9-18(3)37)30-29(27)36(26)25-14-11-20-16-19(10-13-23(20)25)22-7-5-6-8-24(22)28-32-34-35-33-28/h5-8,10,13,15-16,18,25,37H,4,9,11-12,14H2,1-3H3,(H,32,33,34,35)/t18-,25+/m1/s1. The summed E-state index contributed by atoms with van der Waals surface area (Å²) in [6.45, 7) is 6.10. The van der Waals surface area contributed by atoms with E-state index in [0.717, 1.165) is 70.6 Å². The van der Waals surface area contributed by atoms with Crippen LogP contribution < -0.4 is 0 Å². The van der Waals surface area contributed by atoms with E-state index in [0.29, 0.717) is 12.2 Å². The van der Waals surface area contributed by atoms with Crippen molar-refractivity contribution in [2.45, 2.75) is 65.0 Å². The molecule has 3 heterocycles. The molecule has 0 spiro atoms. The van der Waals surface area contributed by atoms with Crippen LogP contribution in [0.15, 0.2) is 48.5 Å². The minimum atomic E-state index is -0.338. The topological polar surface area (TPSA) is 105 Å². The number of benzene rings is 2. The Kier molecular flexibility index (Phi) is 6.04. The zero-order valence-corrected chi connectivity index (χ0v) is 21.4. The van der Waals surface area contributed by atoms with Crippen LogP contribution in [0.2, 0.25) is 0 Å². The van der Waals surface area contributed by atoms with Gasteiger partial charge in [0.2, 0.25) is 5.82 Å². The van der Waals surface area contributed by atoms with E-state index < -0.39 is 0 Å². The highest BCUT2D eigenvalue weighted by atomic mass is 16.3. The third-order valence-corrected chi connectivity index (χ3v) is 7.42. The lowest BCUT2D eigenvalue weighted by molar-refractivity contribution is 0.184. The van der Waals surface area contributed by atoms with Crippen molar-refractivity contribution in [3.63, 3.8) is 0 Å². The second kappa shape index (κ2) is 9.52. The van der Waals surface area contributed by atoms with Crippen LogP contribution in [0.1, 0.15) is 60.9 Å². The number of aromatic amines is 1. The monoisotopic (exact) mass is 493 g/mol. The van der Waals surface area contributed by atoms with E-state index >= 15 is 0 Å². The number of tetrazole rings is 1. The van der Waals surface area contributed by atoms with Crippen LogP contribution in [0.25, 0.3) is 33.7 Å². The van der Waals surface area contributed by atoms with Crippen LogP contribution in [-0.4, -0.2) is 46.4 Å². The minimum absolute atomic E-state index is 0.204. The van der Waals surface area contributed by atoms with Crippen LogP contribution in [0.4, 0.5) is 0 Å². The highest BCUT2D eigenvalue weighted by molar-refractivity contribution is 5.81. The lowest BCUT2D eigenvalue weighted by Gasteiger charge is -2.18. The van der Waals surface area contributed by atoms with Gasteiger partial charge in [-0.15, -0.1) is 10.2 Å². The molecule has 188 valence electrons. The van der Waals surface area contributed by atoms with Crippen molar-refractivity contribution in [3.8, 4) is 22.5 Å². The summed E-state index contributed by atoms with van der Waals surface area (Å²) in [5, 5.41) is 24.5. The molecule has 5 aromatic rings. The van der Waals surface area contributed by atoms with Crippen molar-refractivity contribution in [2.75, 3.05) is 0 Å². The van der Waals surface area contributed by atoms with Gasteiger partial charge in [-0.3, -0.25) is 0 Å². The molecule has 0 aliphatic heterocycles. The Morgan fingerprint density at radius 3 is 2.70 bits per heavy atom. The summed E-state index contributed by atoms with van der Waals surface area (Å²) in [5.74, 6) is 1.67.